The van der Waals surface area contributed by atoms with Gasteiger partial charge in [0.05, 0.1) is 0 Å². The number of carbonyl (C=O) groups excluding carboxylic acids is 1. The Kier molecular flexibility index (Phi) is 6.35. The normalized spacial score (nSPS) is 18.3. The van der Waals surface area contributed by atoms with Crippen LogP contribution in [-0.2, 0) is 16.1 Å². The summed E-state index contributed by atoms with van der Waals surface area (Å²) in [6, 6.07) is 18.0. The summed E-state index contributed by atoms with van der Waals surface area (Å²) < 4.78 is 0. The van der Waals surface area contributed by atoms with Gasteiger partial charge in [-0.15, -0.1) is 0 Å². The Morgan fingerprint density at radius 2 is 1.74 bits per heavy atom. The lowest BCUT2D eigenvalue weighted by Crippen LogP contribution is -2.52. The molecule has 1 saturated heterocycles. The van der Waals surface area contributed by atoms with Crippen molar-refractivity contribution >= 4 is 23.4 Å². The molecule has 0 aromatic heterocycles. The first-order valence-electron chi connectivity index (χ1n) is 10.5. The van der Waals surface area contributed by atoms with E-state index in [1.165, 1.54) is 5.56 Å². The Morgan fingerprint density at radius 1 is 1.03 bits per heavy atom. The lowest BCUT2D eigenvalue weighted by molar-refractivity contribution is -0.129. The van der Waals surface area contributed by atoms with Crippen molar-refractivity contribution in [3.05, 3.63) is 65.7 Å². The van der Waals surface area contributed by atoms with E-state index in [9.17, 15) is 9.59 Å². The molecule has 2 heterocycles. The minimum atomic E-state index is -1.04. The second-order valence-corrected chi connectivity index (χ2v) is 7.67. The molecule has 8 heteroatoms. The number of oxime groups is 1. The van der Waals surface area contributed by atoms with Crippen molar-refractivity contribution in [2.75, 3.05) is 37.6 Å². The molecule has 4 rings (SSSR count). The molecular weight excluding hydrogens is 396 g/mol. The average molecular weight is 422 g/mol. The highest BCUT2D eigenvalue weighted by Crippen LogP contribution is 2.29. The third-order valence-corrected chi connectivity index (χ3v) is 5.65. The standard InChI is InChI=1S/C23H26N4O4/c28-22(29)20-16-21(31-25-20)18-6-8-19(9-7-18)26-12-14-27(15-13-26)23(30)24-11-10-17-4-2-1-3-5-17/h1-9,21H,10-16H2,(H,24,30)(H,28,29). The van der Waals surface area contributed by atoms with E-state index in [1.807, 2.05) is 47.4 Å². The summed E-state index contributed by atoms with van der Waals surface area (Å²) in [5.74, 6) is -1.04. The van der Waals surface area contributed by atoms with Crippen LogP contribution in [0.15, 0.2) is 59.8 Å². The monoisotopic (exact) mass is 422 g/mol. The number of urea groups is 1. The highest BCUT2D eigenvalue weighted by Gasteiger charge is 2.27. The average Bonchev–Trinajstić information content (AvgIpc) is 3.31. The quantitative estimate of drug-likeness (QED) is 0.746. The topological polar surface area (TPSA) is 94.5 Å². The number of anilines is 1. The molecule has 1 atom stereocenters. The number of nitrogens with one attached hydrogen (secondary N) is 1. The smallest absolute Gasteiger partial charge is 0.353 e. The number of carbonyl (C=O) groups is 2. The van der Waals surface area contributed by atoms with E-state index in [0.29, 0.717) is 19.6 Å². The fraction of sp³-hybridized carbons (Fsp3) is 0.348. The van der Waals surface area contributed by atoms with E-state index in [-0.39, 0.29) is 24.3 Å². The predicted octanol–water partition coefficient (Wildman–Crippen LogP) is 2.66. The summed E-state index contributed by atoms with van der Waals surface area (Å²) >= 11 is 0. The van der Waals surface area contributed by atoms with Crippen LogP contribution >= 0.6 is 0 Å². The predicted molar refractivity (Wildman–Crippen MR) is 117 cm³/mol. The van der Waals surface area contributed by atoms with Gasteiger partial charge in [-0.2, -0.15) is 0 Å². The van der Waals surface area contributed by atoms with Crippen LogP contribution in [0.25, 0.3) is 0 Å². The number of benzene rings is 2. The van der Waals surface area contributed by atoms with Gasteiger partial charge in [0.1, 0.15) is 0 Å². The van der Waals surface area contributed by atoms with Gasteiger partial charge in [-0.05, 0) is 29.7 Å². The Balaban J connectivity index is 1.22. The van der Waals surface area contributed by atoms with Gasteiger partial charge in [0.15, 0.2) is 11.8 Å². The van der Waals surface area contributed by atoms with Crippen LogP contribution in [-0.4, -0.2) is 60.4 Å². The molecule has 2 N–H and O–H groups in total. The second kappa shape index (κ2) is 9.51. The number of carboxylic acids is 1. The third kappa shape index (κ3) is 5.14. The van der Waals surface area contributed by atoms with Gasteiger partial charge >= 0.3 is 12.0 Å². The van der Waals surface area contributed by atoms with Crippen LogP contribution in [0.2, 0.25) is 0 Å². The molecule has 0 bridgehead atoms. The Bertz CT molecular complexity index is 938. The Hall–Kier alpha value is -3.55. The SMILES string of the molecule is O=C(O)C1=NOC(c2ccc(N3CCN(C(=O)NCCc4ccccc4)CC3)cc2)C1. The number of amides is 2. The number of carboxylic acid groups (broad SMARTS) is 1. The van der Waals surface area contributed by atoms with Crippen molar-refractivity contribution in [2.24, 2.45) is 5.16 Å². The van der Waals surface area contributed by atoms with Crippen molar-refractivity contribution in [1.82, 2.24) is 10.2 Å². The van der Waals surface area contributed by atoms with Crippen LogP contribution in [0, 0.1) is 0 Å². The highest BCUT2D eigenvalue weighted by molar-refractivity contribution is 6.35. The van der Waals surface area contributed by atoms with Crippen LogP contribution in [0.4, 0.5) is 10.5 Å². The fourth-order valence-corrected chi connectivity index (χ4v) is 3.82. The number of aliphatic carboxylic acids is 1. The maximum absolute atomic E-state index is 12.4. The van der Waals surface area contributed by atoms with E-state index < -0.39 is 5.97 Å². The molecule has 8 nitrogen and oxygen atoms in total. The van der Waals surface area contributed by atoms with Crippen molar-refractivity contribution in [1.29, 1.82) is 0 Å². The van der Waals surface area contributed by atoms with Gasteiger partial charge in [0.2, 0.25) is 0 Å². The summed E-state index contributed by atoms with van der Waals surface area (Å²) in [5.41, 5.74) is 3.24. The van der Waals surface area contributed by atoms with Gasteiger partial charge in [-0.3, -0.25) is 0 Å². The molecule has 0 aliphatic carbocycles. The van der Waals surface area contributed by atoms with Gasteiger partial charge in [0.25, 0.3) is 0 Å². The van der Waals surface area contributed by atoms with E-state index in [4.69, 9.17) is 9.94 Å². The molecule has 1 unspecified atom stereocenters. The number of hydrogen-bond donors (Lipinski definition) is 2. The zero-order valence-electron chi connectivity index (χ0n) is 17.2. The molecule has 31 heavy (non-hydrogen) atoms. The van der Waals surface area contributed by atoms with Crippen molar-refractivity contribution in [3.8, 4) is 0 Å². The van der Waals surface area contributed by atoms with Gasteiger partial charge < -0.3 is 25.1 Å². The van der Waals surface area contributed by atoms with E-state index >= 15 is 0 Å². The maximum atomic E-state index is 12.4. The van der Waals surface area contributed by atoms with Crippen molar-refractivity contribution < 1.29 is 19.5 Å². The van der Waals surface area contributed by atoms with Crippen LogP contribution in [0.5, 0.6) is 0 Å². The molecule has 1 fully saturated rings. The first-order valence-corrected chi connectivity index (χ1v) is 10.5. The fourth-order valence-electron chi connectivity index (χ4n) is 3.82. The third-order valence-electron chi connectivity index (χ3n) is 5.65. The number of rotatable bonds is 6. The van der Waals surface area contributed by atoms with Crippen LogP contribution < -0.4 is 10.2 Å². The van der Waals surface area contributed by atoms with Crippen molar-refractivity contribution in [3.63, 3.8) is 0 Å². The lowest BCUT2D eigenvalue weighted by atomic mass is 10.0. The lowest BCUT2D eigenvalue weighted by Gasteiger charge is -2.36. The molecule has 2 aromatic carbocycles. The summed E-state index contributed by atoms with van der Waals surface area (Å²) in [4.78, 5) is 32.8. The zero-order valence-corrected chi connectivity index (χ0v) is 17.2. The van der Waals surface area contributed by atoms with Crippen molar-refractivity contribution in [2.45, 2.75) is 18.9 Å². The summed E-state index contributed by atoms with van der Waals surface area (Å²) in [7, 11) is 0. The minimum absolute atomic E-state index is 0.0152. The molecular formula is C23H26N4O4. The summed E-state index contributed by atoms with van der Waals surface area (Å²) in [5, 5.41) is 15.6. The Morgan fingerprint density at radius 3 is 2.39 bits per heavy atom. The highest BCUT2D eigenvalue weighted by atomic mass is 16.6. The van der Waals surface area contributed by atoms with E-state index in [0.717, 1.165) is 30.8 Å². The minimum Gasteiger partial charge on any atom is -0.477 e. The molecule has 2 aliphatic heterocycles. The molecule has 0 saturated carbocycles. The Labute approximate surface area is 181 Å². The van der Waals surface area contributed by atoms with Gasteiger partial charge in [-0.25, -0.2) is 9.59 Å². The largest absolute Gasteiger partial charge is 0.477 e. The second-order valence-electron chi connectivity index (χ2n) is 7.67. The first kappa shape index (κ1) is 20.7. The number of nitrogens with zero attached hydrogens (tertiary/aromatic N) is 3. The molecule has 0 radical (unpaired) electrons. The van der Waals surface area contributed by atoms with Gasteiger partial charge in [0, 0.05) is 44.8 Å². The summed E-state index contributed by atoms with van der Waals surface area (Å²) in [6.45, 7) is 3.48. The molecule has 0 spiro atoms. The molecule has 2 amide bonds. The number of hydrogen-bond acceptors (Lipinski definition) is 5. The van der Waals surface area contributed by atoms with E-state index in [1.54, 1.807) is 0 Å². The maximum Gasteiger partial charge on any atom is 0.353 e. The zero-order chi connectivity index (χ0) is 21.6. The molecule has 2 aromatic rings. The van der Waals surface area contributed by atoms with Gasteiger partial charge in [-0.1, -0.05) is 47.6 Å². The van der Waals surface area contributed by atoms with Crippen LogP contribution in [0.1, 0.15) is 23.7 Å². The summed E-state index contributed by atoms with van der Waals surface area (Å²) in [6.07, 6.45) is 0.742. The molecule has 2 aliphatic rings. The first-order chi connectivity index (χ1) is 15.1. The van der Waals surface area contributed by atoms with Crippen LogP contribution in [0.3, 0.4) is 0 Å². The van der Waals surface area contributed by atoms with E-state index in [2.05, 4.69) is 27.5 Å². The number of piperazine rings is 1. The molecule has 162 valence electrons.